The molecule has 1 fully saturated rings. The van der Waals surface area contributed by atoms with Crippen LogP contribution in [0, 0.1) is 0 Å². The molecule has 36 heavy (non-hydrogen) atoms. The molecule has 0 radical (unpaired) electrons. The number of amides is 2. The molecule has 2 N–H and O–H groups in total. The van der Waals surface area contributed by atoms with Gasteiger partial charge in [-0.15, -0.1) is 5.10 Å². The summed E-state index contributed by atoms with van der Waals surface area (Å²) in [5, 5.41) is 10.3. The lowest BCUT2D eigenvalue weighted by Gasteiger charge is -2.30. The largest absolute Gasteiger partial charge is 0.473 e. The lowest BCUT2D eigenvalue weighted by molar-refractivity contribution is 0.0487. The maximum Gasteiger partial charge on any atom is 0.412 e. The molecule has 1 aromatic carbocycles. The summed E-state index contributed by atoms with van der Waals surface area (Å²) >= 11 is 0. The van der Waals surface area contributed by atoms with Crippen molar-refractivity contribution in [3.05, 3.63) is 42.1 Å². The molecule has 2 aromatic rings. The fraction of sp³-hybridized carbons (Fsp3) is 0.577. The van der Waals surface area contributed by atoms with E-state index >= 15 is 0 Å². The molecule has 1 aliphatic rings. The number of anilines is 1. The van der Waals surface area contributed by atoms with Crippen LogP contribution >= 0.6 is 0 Å². The summed E-state index contributed by atoms with van der Waals surface area (Å²) in [6, 6.07) is 9.64. The Morgan fingerprint density at radius 3 is 2.44 bits per heavy atom. The number of aromatic nitrogens is 2. The smallest absolute Gasteiger partial charge is 0.412 e. The molecule has 0 bridgehead atoms. The highest BCUT2D eigenvalue weighted by Crippen LogP contribution is 2.32. The SMILES string of the molecule is CCOCCOc1nn([C@H]2CC[C@H](NC(=O)OC(C)(C)C)CC2)cc1NC(=O)OCc1ccccc1. The second kappa shape index (κ2) is 13.2. The van der Waals surface area contributed by atoms with E-state index in [0.29, 0.717) is 31.4 Å². The third kappa shape index (κ3) is 9.07. The van der Waals surface area contributed by atoms with E-state index in [2.05, 4.69) is 15.7 Å². The van der Waals surface area contributed by atoms with Crippen molar-refractivity contribution in [1.29, 1.82) is 0 Å². The Hall–Kier alpha value is -3.27. The number of rotatable bonds is 10. The van der Waals surface area contributed by atoms with Crippen molar-refractivity contribution in [2.24, 2.45) is 0 Å². The predicted molar refractivity (Wildman–Crippen MR) is 135 cm³/mol. The molecule has 3 rings (SSSR count). The standard InChI is InChI=1S/C26H38N4O6/c1-5-33-15-16-34-23-22(28-24(31)35-18-19-9-7-6-8-10-19)17-30(29-23)21-13-11-20(12-14-21)27-25(32)36-26(2,3)4/h6-10,17,20-21H,5,11-16,18H2,1-4H3,(H,27,32)(H,28,31)/t20-,21-. The fourth-order valence-corrected chi connectivity index (χ4v) is 3.92. The van der Waals surface area contributed by atoms with Crippen LogP contribution in [0.5, 0.6) is 5.88 Å². The third-order valence-corrected chi connectivity index (χ3v) is 5.61. The number of nitrogens with zero attached hydrogens (tertiary/aromatic N) is 2. The Kier molecular flexibility index (Phi) is 9.98. The highest BCUT2D eigenvalue weighted by molar-refractivity contribution is 5.86. The Balaban J connectivity index is 1.58. The normalized spacial score (nSPS) is 17.8. The first-order chi connectivity index (χ1) is 17.2. The lowest BCUT2D eigenvalue weighted by Crippen LogP contribution is -2.41. The molecule has 1 aromatic heterocycles. The number of nitrogens with one attached hydrogen (secondary N) is 2. The van der Waals surface area contributed by atoms with Crippen LogP contribution in [0.2, 0.25) is 0 Å². The number of hydrogen-bond donors (Lipinski definition) is 2. The first-order valence-electron chi connectivity index (χ1n) is 12.5. The topological polar surface area (TPSA) is 113 Å². The van der Waals surface area contributed by atoms with Gasteiger partial charge in [0.1, 0.15) is 24.5 Å². The van der Waals surface area contributed by atoms with E-state index in [9.17, 15) is 9.59 Å². The zero-order valence-corrected chi connectivity index (χ0v) is 21.6. The summed E-state index contributed by atoms with van der Waals surface area (Å²) in [4.78, 5) is 24.5. The molecule has 1 aliphatic carbocycles. The summed E-state index contributed by atoms with van der Waals surface area (Å²) in [7, 11) is 0. The van der Waals surface area contributed by atoms with E-state index in [-0.39, 0.29) is 18.7 Å². The Bertz CT molecular complexity index is 965. The molecule has 0 atom stereocenters. The predicted octanol–water partition coefficient (Wildman–Crippen LogP) is 5.06. The van der Waals surface area contributed by atoms with E-state index in [1.54, 1.807) is 6.20 Å². The highest BCUT2D eigenvalue weighted by atomic mass is 16.6. The molecule has 1 heterocycles. The van der Waals surface area contributed by atoms with E-state index in [1.807, 2.05) is 62.7 Å². The molecule has 2 amide bonds. The summed E-state index contributed by atoms with van der Waals surface area (Å²) in [6.45, 7) is 8.94. The summed E-state index contributed by atoms with van der Waals surface area (Å²) < 4.78 is 23.7. The maximum atomic E-state index is 12.4. The van der Waals surface area contributed by atoms with E-state index in [4.69, 9.17) is 18.9 Å². The molecular formula is C26H38N4O6. The molecule has 1 saturated carbocycles. The number of carbonyl (C=O) groups excluding carboxylic acids is 2. The van der Waals surface area contributed by atoms with Crippen LogP contribution in [0.4, 0.5) is 15.3 Å². The van der Waals surface area contributed by atoms with Crippen LogP contribution in [0.25, 0.3) is 0 Å². The first-order valence-corrected chi connectivity index (χ1v) is 12.5. The van der Waals surface area contributed by atoms with Crippen LogP contribution in [0.1, 0.15) is 65.0 Å². The summed E-state index contributed by atoms with van der Waals surface area (Å²) in [5.74, 6) is 0.320. The Morgan fingerprint density at radius 1 is 1.06 bits per heavy atom. The van der Waals surface area contributed by atoms with Gasteiger partial charge in [0, 0.05) is 12.6 Å². The van der Waals surface area contributed by atoms with Gasteiger partial charge in [0.05, 0.1) is 18.8 Å². The molecule has 0 saturated heterocycles. The van der Waals surface area contributed by atoms with Gasteiger partial charge in [-0.1, -0.05) is 30.3 Å². The molecule has 10 heteroatoms. The monoisotopic (exact) mass is 502 g/mol. The van der Waals surface area contributed by atoms with Crippen molar-refractivity contribution in [3.8, 4) is 5.88 Å². The second-order valence-corrected chi connectivity index (χ2v) is 9.71. The van der Waals surface area contributed by atoms with Gasteiger partial charge >= 0.3 is 12.2 Å². The van der Waals surface area contributed by atoms with E-state index in [0.717, 1.165) is 31.2 Å². The van der Waals surface area contributed by atoms with Crippen LogP contribution in [-0.4, -0.2) is 53.4 Å². The van der Waals surface area contributed by atoms with Crippen LogP contribution in [0.3, 0.4) is 0 Å². The Morgan fingerprint density at radius 2 is 1.78 bits per heavy atom. The van der Waals surface area contributed by atoms with Gasteiger partial charge in [0.25, 0.3) is 5.88 Å². The zero-order chi connectivity index (χ0) is 26.0. The second-order valence-electron chi connectivity index (χ2n) is 9.71. The van der Waals surface area contributed by atoms with Crippen molar-refractivity contribution in [2.45, 2.75) is 77.7 Å². The van der Waals surface area contributed by atoms with Crippen molar-refractivity contribution in [3.63, 3.8) is 0 Å². The van der Waals surface area contributed by atoms with Gasteiger partial charge in [-0.3, -0.25) is 10.00 Å². The van der Waals surface area contributed by atoms with E-state index in [1.165, 1.54) is 0 Å². The van der Waals surface area contributed by atoms with Gasteiger partial charge < -0.3 is 24.3 Å². The number of benzene rings is 1. The molecule has 0 spiro atoms. The molecule has 10 nitrogen and oxygen atoms in total. The lowest BCUT2D eigenvalue weighted by atomic mass is 9.91. The van der Waals surface area contributed by atoms with Crippen molar-refractivity contribution < 1.29 is 28.5 Å². The first kappa shape index (κ1) is 27.3. The third-order valence-electron chi connectivity index (χ3n) is 5.61. The average molecular weight is 503 g/mol. The van der Waals surface area contributed by atoms with Gasteiger partial charge in [0.2, 0.25) is 0 Å². The number of hydrogen-bond acceptors (Lipinski definition) is 7. The molecular weight excluding hydrogens is 464 g/mol. The number of carbonyl (C=O) groups is 2. The van der Waals surface area contributed by atoms with Crippen molar-refractivity contribution >= 4 is 17.9 Å². The van der Waals surface area contributed by atoms with Gasteiger partial charge in [-0.25, -0.2) is 9.59 Å². The van der Waals surface area contributed by atoms with Crippen molar-refractivity contribution in [2.75, 3.05) is 25.1 Å². The van der Waals surface area contributed by atoms with Crippen LogP contribution in [0.15, 0.2) is 36.5 Å². The van der Waals surface area contributed by atoms with Crippen molar-refractivity contribution in [1.82, 2.24) is 15.1 Å². The fourth-order valence-electron chi connectivity index (χ4n) is 3.92. The van der Waals surface area contributed by atoms with Gasteiger partial charge in [0.15, 0.2) is 0 Å². The van der Waals surface area contributed by atoms with Gasteiger partial charge in [-0.2, -0.15) is 0 Å². The number of ether oxygens (including phenoxy) is 4. The average Bonchev–Trinajstić information content (AvgIpc) is 3.23. The minimum atomic E-state index is -0.585. The van der Waals surface area contributed by atoms with Gasteiger partial charge in [-0.05, 0) is 58.9 Å². The summed E-state index contributed by atoms with van der Waals surface area (Å²) in [5.41, 5.74) is 0.812. The molecule has 198 valence electrons. The van der Waals surface area contributed by atoms with Crippen LogP contribution < -0.4 is 15.4 Å². The summed E-state index contributed by atoms with van der Waals surface area (Å²) in [6.07, 6.45) is 4.02. The number of alkyl carbamates (subject to hydrolysis) is 1. The van der Waals surface area contributed by atoms with E-state index < -0.39 is 17.8 Å². The minimum absolute atomic E-state index is 0.0548. The quantitative estimate of drug-likeness (QED) is 0.437. The molecule has 0 aliphatic heterocycles. The minimum Gasteiger partial charge on any atom is -0.473 e. The molecule has 0 unspecified atom stereocenters. The zero-order valence-electron chi connectivity index (χ0n) is 21.6. The van der Waals surface area contributed by atoms with Crippen LogP contribution in [-0.2, 0) is 20.8 Å². The Labute approximate surface area is 212 Å². The maximum absolute atomic E-state index is 12.4. The highest BCUT2D eigenvalue weighted by Gasteiger charge is 2.27.